The summed E-state index contributed by atoms with van der Waals surface area (Å²) in [4.78, 5) is 21.1. The molecule has 0 aliphatic rings. The summed E-state index contributed by atoms with van der Waals surface area (Å²) in [5.41, 5.74) is 8.50. The first-order valence-corrected chi connectivity index (χ1v) is 11.6. The van der Waals surface area contributed by atoms with Gasteiger partial charge in [0.1, 0.15) is 12.1 Å². The fourth-order valence-electron chi connectivity index (χ4n) is 3.49. The third-order valence-corrected chi connectivity index (χ3v) is 6.11. The van der Waals surface area contributed by atoms with Crippen molar-refractivity contribution in [1.82, 2.24) is 9.97 Å². The number of carbonyl (C=O) groups is 1. The minimum Gasteiger partial charge on any atom is -0.326 e. The Bertz CT molecular complexity index is 1470. The fourth-order valence-corrected chi connectivity index (χ4v) is 4.25. The van der Waals surface area contributed by atoms with Crippen LogP contribution in [0.2, 0.25) is 0 Å². The molecular weight excluding hydrogens is 457 g/mol. The Labute approximate surface area is 195 Å². The van der Waals surface area contributed by atoms with Gasteiger partial charge in [-0.2, -0.15) is 0 Å². The highest BCUT2D eigenvalue weighted by Crippen LogP contribution is 2.28. The molecular formula is C24H20FN5O3S. The smallest absolute Gasteiger partial charge is 0.259 e. The summed E-state index contributed by atoms with van der Waals surface area (Å²) in [5, 5.41) is 8.09. The molecule has 0 atom stereocenters. The highest BCUT2D eigenvalue weighted by Gasteiger charge is 2.17. The predicted molar refractivity (Wildman–Crippen MR) is 127 cm³/mol. The number of nitrogens with one attached hydrogen (secondary N) is 1. The van der Waals surface area contributed by atoms with Gasteiger partial charge in [0, 0.05) is 35.1 Å². The van der Waals surface area contributed by atoms with Gasteiger partial charge in [-0.25, -0.2) is 27.9 Å². The van der Waals surface area contributed by atoms with Crippen molar-refractivity contribution in [1.29, 1.82) is 0 Å². The number of rotatable bonds is 6. The van der Waals surface area contributed by atoms with E-state index in [1.54, 1.807) is 48.5 Å². The highest BCUT2D eigenvalue weighted by atomic mass is 32.2. The average Bonchev–Trinajstić information content (AvgIpc) is 2.84. The van der Waals surface area contributed by atoms with E-state index in [4.69, 9.17) is 10.9 Å². The van der Waals surface area contributed by atoms with E-state index in [1.165, 1.54) is 30.7 Å². The number of hydrogen-bond donors (Lipinski definition) is 3. The summed E-state index contributed by atoms with van der Waals surface area (Å²) in [6, 6.07) is 17.4. The zero-order chi connectivity index (χ0) is 24.3. The lowest BCUT2D eigenvalue weighted by molar-refractivity contribution is 0.102. The van der Waals surface area contributed by atoms with E-state index in [0.717, 1.165) is 0 Å². The van der Waals surface area contributed by atoms with Gasteiger partial charge in [-0.1, -0.05) is 30.3 Å². The Morgan fingerprint density at radius 2 is 1.71 bits per heavy atom. The van der Waals surface area contributed by atoms with E-state index in [9.17, 15) is 17.6 Å². The molecule has 172 valence electrons. The number of halogens is 1. The summed E-state index contributed by atoms with van der Waals surface area (Å²) in [7, 11) is -3.90. The Morgan fingerprint density at radius 1 is 1.00 bits per heavy atom. The lowest BCUT2D eigenvalue weighted by atomic mass is 10.0. The molecule has 5 N–H and O–H groups in total. The molecule has 0 bridgehead atoms. The van der Waals surface area contributed by atoms with Crippen LogP contribution in [0.4, 0.5) is 10.1 Å². The van der Waals surface area contributed by atoms with Crippen LogP contribution in [-0.2, 0) is 16.6 Å². The topological polar surface area (TPSA) is 141 Å². The number of anilines is 1. The van der Waals surface area contributed by atoms with Crippen LogP contribution < -0.4 is 16.2 Å². The number of sulfonamides is 1. The van der Waals surface area contributed by atoms with Crippen LogP contribution in [0.5, 0.6) is 0 Å². The van der Waals surface area contributed by atoms with E-state index >= 15 is 0 Å². The molecule has 8 nitrogen and oxygen atoms in total. The molecule has 0 saturated heterocycles. The minimum absolute atomic E-state index is 0.00716. The van der Waals surface area contributed by atoms with E-state index in [0.29, 0.717) is 33.6 Å². The van der Waals surface area contributed by atoms with Crippen molar-refractivity contribution in [3.63, 3.8) is 0 Å². The van der Waals surface area contributed by atoms with Crippen molar-refractivity contribution in [2.24, 2.45) is 10.9 Å². The monoisotopic (exact) mass is 477 g/mol. The largest absolute Gasteiger partial charge is 0.326 e. The minimum atomic E-state index is -3.90. The molecule has 10 heteroatoms. The van der Waals surface area contributed by atoms with Gasteiger partial charge in [0.25, 0.3) is 5.91 Å². The third kappa shape index (κ3) is 4.84. The van der Waals surface area contributed by atoms with Crippen LogP contribution in [0, 0.1) is 5.82 Å². The molecule has 1 aromatic heterocycles. The van der Waals surface area contributed by atoms with Crippen LogP contribution in [0.25, 0.3) is 22.4 Å². The number of nitrogens with zero attached hydrogens (tertiary/aromatic N) is 2. The quantitative estimate of drug-likeness (QED) is 0.389. The maximum absolute atomic E-state index is 13.8. The van der Waals surface area contributed by atoms with Crippen LogP contribution in [0.15, 0.2) is 84.1 Å². The maximum atomic E-state index is 13.8. The van der Waals surface area contributed by atoms with E-state index < -0.39 is 21.7 Å². The van der Waals surface area contributed by atoms with Crippen LogP contribution in [0.1, 0.15) is 15.9 Å². The van der Waals surface area contributed by atoms with Crippen LogP contribution in [0.3, 0.4) is 0 Å². The Balaban J connectivity index is 1.61. The Morgan fingerprint density at radius 3 is 2.41 bits per heavy atom. The number of hydrogen-bond acceptors (Lipinski definition) is 6. The summed E-state index contributed by atoms with van der Waals surface area (Å²) in [6.45, 7) is 0.00716. The maximum Gasteiger partial charge on any atom is 0.259 e. The first kappa shape index (κ1) is 23.2. The van der Waals surface area contributed by atoms with E-state index in [-0.39, 0.29) is 17.0 Å². The molecule has 0 aliphatic carbocycles. The highest BCUT2D eigenvalue weighted by molar-refractivity contribution is 7.89. The second kappa shape index (κ2) is 9.48. The van der Waals surface area contributed by atoms with Gasteiger partial charge >= 0.3 is 0 Å². The second-order valence-corrected chi connectivity index (χ2v) is 8.90. The van der Waals surface area contributed by atoms with Crippen molar-refractivity contribution in [2.45, 2.75) is 11.4 Å². The first-order valence-electron chi connectivity index (χ1n) is 10.1. The van der Waals surface area contributed by atoms with Gasteiger partial charge < -0.3 is 11.1 Å². The van der Waals surface area contributed by atoms with Gasteiger partial charge in [-0.3, -0.25) is 4.79 Å². The zero-order valence-electron chi connectivity index (χ0n) is 17.8. The normalized spacial score (nSPS) is 11.3. The molecule has 0 fully saturated rings. The molecule has 0 aliphatic heterocycles. The number of amides is 1. The standard InChI is InChI=1S/C24H20FN5O3S/c25-21-10-7-16(11-17(21)12-26)23-20(13-28-14-29-23)24(31)30-18-8-5-15(6-9-18)19-3-1-2-4-22(19)34(27,32)33/h1-11,13-14H,12,26H2,(H,30,31)(H2,27,32,33). The summed E-state index contributed by atoms with van der Waals surface area (Å²) < 4.78 is 37.6. The fraction of sp³-hybridized carbons (Fsp3) is 0.0417. The lowest BCUT2D eigenvalue weighted by Gasteiger charge is -2.11. The molecule has 1 amide bonds. The van der Waals surface area contributed by atoms with Crippen molar-refractivity contribution in [2.75, 3.05) is 5.32 Å². The SMILES string of the molecule is NCc1cc(-c2ncncc2C(=O)Nc2ccc(-c3ccccc3S(N)(=O)=O)cc2)ccc1F. The first-order chi connectivity index (χ1) is 16.3. The summed E-state index contributed by atoms with van der Waals surface area (Å²) in [6.07, 6.45) is 2.68. The molecule has 3 aromatic carbocycles. The van der Waals surface area contributed by atoms with Crippen molar-refractivity contribution in [3.8, 4) is 22.4 Å². The molecule has 4 rings (SSSR count). The van der Waals surface area contributed by atoms with Crippen molar-refractivity contribution < 1.29 is 17.6 Å². The van der Waals surface area contributed by atoms with Gasteiger partial charge in [0.2, 0.25) is 10.0 Å². The van der Waals surface area contributed by atoms with Gasteiger partial charge in [0.15, 0.2) is 0 Å². The molecule has 4 aromatic rings. The van der Waals surface area contributed by atoms with E-state index in [1.807, 2.05) is 0 Å². The summed E-state index contributed by atoms with van der Waals surface area (Å²) in [5.74, 6) is -0.901. The Kier molecular flexibility index (Phi) is 6.46. The molecule has 0 unspecified atom stereocenters. The number of aromatic nitrogens is 2. The third-order valence-electron chi connectivity index (χ3n) is 5.14. The Hall–Kier alpha value is -3.99. The zero-order valence-corrected chi connectivity index (χ0v) is 18.6. The van der Waals surface area contributed by atoms with Gasteiger partial charge in [-0.05, 0) is 42.0 Å². The lowest BCUT2D eigenvalue weighted by Crippen LogP contribution is -2.14. The number of benzene rings is 3. The second-order valence-electron chi connectivity index (χ2n) is 7.37. The number of primary sulfonamides is 1. The van der Waals surface area contributed by atoms with E-state index in [2.05, 4.69) is 15.3 Å². The predicted octanol–water partition coefficient (Wildman–Crippen LogP) is 3.31. The van der Waals surface area contributed by atoms with Crippen LogP contribution in [-0.4, -0.2) is 24.3 Å². The summed E-state index contributed by atoms with van der Waals surface area (Å²) >= 11 is 0. The van der Waals surface area contributed by atoms with Gasteiger partial charge in [0.05, 0.1) is 16.2 Å². The van der Waals surface area contributed by atoms with Crippen molar-refractivity contribution >= 4 is 21.6 Å². The number of carbonyl (C=O) groups excluding carboxylic acids is 1. The number of nitrogens with two attached hydrogens (primary N) is 2. The van der Waals surface area contributed by atoms with Crippen LogP contribution >= 0.6 is 0 Å². The van der Waals surface area contributed by atoms with Gasteiger partial charge in [-0.15, -0.1) is 0 Å². The molecule has 0 radical (unpaired) electrons. The molecule has 34 heavy (non-hydrogen) atoms. The molecule has 0 spiro atoms. The molecule has 1 heterocycles. The molecule has 0 saturated carbocycles. The average molecular weight is 478 g/mol. The van der Waals surface area contributed by atoms with Crippen molar-refractivity contribution in [3.05, 3.63) is 96.2 Å².